The van der Waals surface area contributed by atoms with Crippen molar-refractivity contribution in [2.24, 2.45) is 12.5 Å². The van der Waals surface area contributed by atoms with Crippen LogP contribution in [0.5, 0.6) is 0 Å². The molecule has 6 nitrogen and oxygen atoms in total. The third-order valence-electron chi connectivity index (χ3n) is 4.09. The van der Waals surface area contributed by atoms with Crippen molar-refractivity contribution in [2.45, 2.75) is 33.1 Å². The van der Waals surface area contributed by atoms with Gasteiger partial charge in [-0.05, 0) is 24.7 Å². The van der Waals surface area contributed by atoms with Gasteiger partial charge in [0.1, 0.15) is 5.69 Å². The van der Waals surface area contributed by atoms with Gasteiger partial charge in [-0.2, -0.15) is 5.10 Å². The van der Waals surface area contributed by atoms with Gasteiger partial charge < -0.3 is 15.8 Å². The van der Waals surface area contributed by atoms with Crippen LogP contribution < -0.4 is 11.1 Å². The number of carbonyl (C=O) groups excluding carboxylic acids is 1. The number of aromatic nitrogens is 2. The maximum Gasteiger partial charge on any atom is 0.271 e. The minimum atomic E-state index is -0.148. The molecule has 1 saturated heterocycles. The van der Waals surface area contributed by atoms with E-state index in [2.05, 4.69) is 17.3 Å². The molecule has 0 radical (unpaired) electrons. The Kier molecular flexibility index (Phi) is 4.32. The van der Waals surface area contributed by atoms with Crippen LogP contribution in [-0.4, -0.2) is 35.4 Å². The Morgan fingerprint density at radius 1 is 1.50 bits per heavy atom. The summed E-state index contributed by atoms with van der Waals surface area (Å²) in [4.78, 5) is 12.3. The Labute approximate surface area is 119 Å². The summed E-state index contributed by atoms with van der Waals surface area (Å²) in [6.45, 7) is 6.32. The van der Waals surface area contributed by atoms with E-state index >= 15 is 0 Å². The second-order valence-corrected chi connectivity index (χ2v) is 5.79. The van der Waals surface area contributed by atoms with Crippen molar-refractivity contribution < 1.29 is 9.53 Å². The van der Waals surface area contributed by atoms with Gasteiger partial charge in [0.25, 0.3) is 5.91 Å². The molecule has 1 fully saturated rings. The van der Waals surface area contributed by atoms with Gasteiger partial charge in [-0.1, -0.05) is 13.8 Å². The number of nitrogen functional groups attached to an aromatic ring is 1. The second-order valence-electron chi connectivity index (χ2n) is 5.79. The first-order chi connectivity index (χ1) is 9.47. The van der Waals surface area contributed by atoms with E-state index < -0.39 is 0 Å². The predicted octanol–water partition coefficient (Wildman–Crippen LogP) is 1.11. The van der Waals surface area contributed by atoms with Crippen LogP contribution in [0.2, 0.25) is 0 Å². The van der Waals surface area contributed by atoms with Crippen molar-refractivity contribution in [3.8, 4) is 0 Å². The van der Waals surface area contributed by atoms with E-state index in [1.807, 2.05) is 6.92 Å². The minimum absolute atomic E-state index is 0.106. The molecular formula is C14H24N4O2. The molecule has 112 valence electrons. The van der Waals surface area contributed by atoms with Crippen LogP contribution in [0.4, 0.5) is 5.69 Å². The Bertz CT molecular complexity index is 490. The summed E-state index contributed by atoms with van der Waals surface area (Å²) >= 11 is 0. The summed E-state index contributed by atoms with van der Waals surface area (Å²) in [6.07, 6.45) is 2.66. The Hall–Kier alpha value is -1.56. The molecule has 0 aliphatic carbocycles. The lowest BCUT2D eigenvalue weighted by Gasteiger charge is -2.33. The molecule has 0 bridgehead atoms. The van der Waals surface area contributed by atoms with Crippen LogP contribution >= 0.6 is 0 Å². The molecule has 2 rings (SSSR count). The van der Waals surface area contributed by atoms with Gasteiger partial charge in [-0.15, -0.1) is 0 Å². The van der Waals surface area contributed by atoms with Gasteiger partial charge in [0.2, 0.25) is 0 Å². The van der Waals surface area contributed by atoms with Gasteiger partial charge in [0.05, 0.1) is 11.4 Å². The van der Waals surface area contributed by atoms with Crippen LogP contribution in [0.3, 0.4) is 0 Å². The second kappa shape index (κ2) is 5.83. The normalized spacial score (nSPS) is 17.9. The fourth-order valence-corrected chi connectivity index (χ4v) is 2.54. The van der Waals surface area contributed by atoms with Gasteiger partial charge in [0, 0.05) is 26.8 Å². The third kappa shape index (κ3) is 2.95. The largest absolute Gasteiger partial charge is 0.395 e. The summed E-state index contributed by atoms with van der Waals surface area (Å²) in [5, 5.41) is 7.27. The van der Waals surface area contributed by atoms with Crippen molar-refractivity contribution in [1.29, 1.82) is 0 Å². The van der Waals surface area contributed by atoms with Crippen LogP contribution in [0, 0.1) is 5.41 Å². The number of anilines is 1. The lowest BCUT2D eigenvalue weighted by atomic mass is 9.82. The minimum Gasteiger partial charge on any atom is -0.395 e. The molecule has 6 heteroatoms. The number of nitrogens with one attached hydrogen (secondary N) is 1. The van der Waals surface area contributed by atoms with Crippen LogP contribution in [0.25, 0.3) is 0 Å². The van der Waals surface area contributed by atoms with Gasteiger partial charge in [0.15, 0.2) is 0 Å². The average molecular weight is 280 g/mol. The highest BCUT2D eigenvalue weighted by molar-refractivity contribution is 5.98. The molecule has 2 heterocycles. The summed E-state index contributed by atoms with van der Waals surface area (Å²) in [5.74, 6) is -0.148. The lowest BCUT2D eigenvalue weighted by Crippen LogP contribution is -2.40. The number of ether oxygens (including phenoxy) is 1. The predicted molar refractivity (Wildman–Crippen MR) is 77.5 cm³/mol. The van der Waals surface area contributed by atoms with E-state index in [1.54, 1.807) is 11.7 Å². The molecule has 0 aromatic carbocycles. The number of nitrogens with two attached hydrogens (primary N) is 1. The molecule has 1 aromatic heterocycles. The highest BCUT2D eigenvalue weighted by atomic mass is 16.5. The Balaban J connectivity index is 2.03. The number of rotatable bonds is 4. The average Bonchev–Trinajstić information content (AvgIpc) is 2.72. The first-order valence-electron chi connectivity index (χ1n) is 7.14. The smallest absolute Gasteiger partial charge is 0.271 e. The quantitative estimate of drug-likeness (QED) is 0.865. The number of carbonyl (C=O) groups is 1. The van der Waals surface area contributed by atoms with Crippen molar-refractivity contribution in [1.82, 2.24) is 15.1 Å². The van der Waals surface area contributed by atoms with Crippen LogP contribution in [0.15, 0.2) is 0 Å². The molecule has 0 atom stereocenters. The zero-order valence-electron chi connectivity index (χ0n) is 12.5. The number of hydrogen-bond acceptors (Lipinski definition) is 4. The number of aryl methyl sites for hydroxylation is 2. The van der Waals surface area contributed by atoms with E-state index in [4.69, 9.17) is 10.5 Å². The Morgan fingerprint density at radius 2 is 2.15 bits per heavy atom. The molecule has 1 aromatic rings. The lowest BCUT2D eigenvalue weighted by molar-refractivity contribution is 0.0238. The first-order valence-corrected chi connectivity index (χ1v) is 7.14. The Morgan fingerprint density at radius 3 is 2.70 bits per heavy atom. The fourth-order valence-electron chi connectivity index (χ4n) is 2.54. The topological polar surface area (TPSA) is 82.2 Å². The highest BCUT2D eigenvalue weighted by Crippen LogP contribution is 2.29. The van der Waals surface area contributed by atoms with Crippen molar-refractivity contribution in [2.75, 3.05) is 25.5 Å². The molecule has 0 unspecified atom stereocenters. The standard InChI is InChI=1S/C14H24N4O2/c1-4-10-11(15)12(18(3)17-10)13(19)16-9-14(2)5-7-20-8-6-14/h4-9,15H2,1-3H3,(H,16,19). The summed E-state index contributed by atoms with van der Waals surface area (Å²) in [7, 11) is 1.75. The summed E-state index contributed by atoms with van der Waals surface area (Å²) in [6, 6.07) is 0. The zero-order chi connectivity index (χ0) is 14.8. The SMILES string of the molecule is CCc1nn(C)c(C(=O)NCC2(C)CCOCC2)c1N. The van der Waals surface area contributed by atoms with Gasteiger partial charge >= 0.3 is 0 Å². The first kappa shape index (κ1) is 14.8. The molecular weight excluding hydrogens is 256 g/mol. The van der Waals surface area contributed by atoms with E-state index in [9.17, 15) is 4.79 Å². The fraction of sp³-hybridized carbons (Fsp3) is 0.714. The number of nitrogens with zero attached hydrogens (tertiary/aromatic N) is 2. The van der Waals surface area contributed by atoms with Gasteiger partial charge in [-0.3, -0.25) is 9.48 Å². The molecule has 1 aliphatic rings. The van der Waals surface area contributed by atoms with Crippen LogP contribution in [-0.2, 0) is 18.2 Å². The summed E-state index contributed by atoms with van der Waals surface area (Å²) < 4.78 is 6.93. The van der Waals surface area contributed by atoms with E-state index in [1.165, 1.54) is 0 Å². The third-order valence-corrected chi connectivity index (χ3v) is 4.09. The van der Waals surface area contributed by atoms with Crippen molar-refractivity contribution >= 4 is 11.6 Å². The van der Waals surface area contributed by atoms with Gasteiger partial charge in [-0.25, -0.2) is 0 Å². The van der Waals surface area contributed by atoms with Crippen LogP contribution in [0.1, 0.15) is 42.9 Å². The van der Waals surface area contributed by atoms with E-state index in [-0.39, 0.29) is 11.3 Å². The number of amides is 1. The molecule has 1 aliphatic heterocycles. The highest BCUT2D eigenvalue weighted by Gasteiger charge is 2.29. The van der Waals surface area contributed by atoms with E-state index in [0.29, 0.717) is 17.9 Å². The molecule has 0 saturated carbocycles. The maximum atomic E-state index is 12.3. The molecule has 0 spiro atoms. The van der Waals surface area contributed by atoms with E-state index in [0.717, 1.165) is 38.2 Å². The monoisotopic (exact) mass is 280 g/mol. The molecule has 20 heavy (non-hydrogen) atoms. The molecule has 1 amide bonds. The maximum absolute atomic E-state index is 12.3. The van der Waals surface area contributed by atoms with Crippen molar-refractivity contribution in [3.05, 3.63) is 11.4 Å². The zero-order valence-corrected chi connectivity index (χ0v) is 12.5. The number of hydrogen-bond donors (Lipinski definition) is 2. The van der Waals surface area contributed by atoms with Crippen molar-refractivity contribution in [3.63, 3.8) is 0 Å². The summed E-state index contributed by atoms with van der Waals surface area (Å²) in [5.41, 5.74) is 7.82. The molecule has 3 N–H and O–H groups in total.